The summed E-state index contributed by atoms with van der Waals surface area (Å²) in [4.78, 5) is 2.71. The fraction of sp³-hybridized carbons (Fsp3) is 1.00. The van der Waals surface area contributed by atoms with E-state index in [1.165, 1.54) is 210 Å². The predicted octanol–water partition coefficient (Wildman–Crippen LogP) is 14.0. The molecule has 0 saturated heterocycles. The van der Waals surface area contributed by atoms with E-state index in [9.17, 15) is 5.11 Å². The molecule has 0 aromatic rings. The zero-order chi connectivity index (χ0) is 33.6. The van der Waals surface area contributed by atoms with Crippen LogP contribution in [0.3, 0.4) is 0 Å². The van der Waals surface area contributed by atoms with Gasteiger partial charge < -0.3 is 10.0 Å². The number of hydrogen-bond acceptors (Lipinski definition) is 4. The summed E-state index contributed by atoms with van der Waals surface area (Å²) in [6.45, 7) is 13.5. The van der Waals surface area contributed by atoms with Crippen molar-refractivity contribution in [3.8, 4) is 0 Å². The van der Waals surface area contributed by atoms with E-state index >= 15 is 0 Å². The maximum absolute atomic E-state index is 9.25. The SMILES string of the molecule is CCCCC(CC)CSCCCCCCCCCCCN(CCCCO)CCCCCCCCCCCSCC(CC)CCCC. The normalized spacial score (nSPS) is 13.2. The number of nitrogens with zero attached hydrogens (tertiary/aromatic N) is 1. The second-order valence-electron chi connectivity index (χ2n) is 14.6. The third kappa shape index (κ3) is 34.5. The van der Waals surface area contributed by atoms with Gasteiger partial charge in [0.1, 0.15) is 0 Å². The van der Waals surface area contributed by atoms with Gasteiger partial charge in [0.15, 0.2) is 0 Å². The molecule has 0 radical (unpaired) electrons. The number of aliphatic hydroxyl groups excluding tert-OH is 1. The van der Waals surface area contributed by atoms with Gasteiger partial charge >= 0.3 is 0 Å². The van der Waals surface area contributed by atoms with Crippen LogP contribution in [0, 0.1) is 11.8 Å². The van der Waals surface area contributed by atoms with Crippen LogP contribution in [0.25, 0.3) is 0 Å². The highest BCUT2D eigenvalue weighted by Crippen LogP contribution is 2.21. The number of rotatable bonds is 40. The predicted molar refractivity (Wildman–Crippen MR) is 217 cm³/mol. The van der Waals surface area contributed by atoms with Gasteiger partial charge in [0, 0.05) is 6.61 Å². The van der Waals surface area contributed by atoms with Crippen molar-refractivity contribution in [2.24, 2.45) is 11.8 Å². The molecule has 0 aromatic carbocycles. The molecule has 0 aromatic heterocycles. The summed E-state index contributed by atoms with van der Waals surface area (Å²) in [5.41, 5.74) is 0. The highest BCUT2D eigenvalue weighted by atomic mass is 32.2. The number of thioether (sulfide) groups is 2. The van der Waals surface area contributed by atoms with Gasteiger partial charge in [0.25, 0.3) is 0 Å². The van der Waals surface area contributed by atoms with Crippen LogP contribution in [-0.4, -0.2) is 59.3 Å². The molecular weight excluding hydrogens is 599 g/mol. The Bertz CT molecular complexity index is 506. The summed E-state index contributed by atoms with van der Waals surface area (Å²) in [7, 11) is 0. The topological polar surface area (TPSA) is 23.5 Å². The van der Waals surface area contributed by atoms with Crippen molar-refractivity contribution >= 4 is 23.5 Å². The average molecular weight is 686 g/mol. The van der Waals surface area contributed by atoms with Gasteiger partial charge in [-0.25, -0.2) is 0 Å². The quantitative estimate of drug-likeness (QED) is 0.0649. The van der Waals surface area contributed by atoms with Gasteiger partial charge in [0.2, 0.25) is 0 Å². The molecule has 46 heavy (non-hydrogen) atoms. The van der Waals surface area contributed by atoms with Crippen LogP contribution >= 0.6 is 23.5 Å². The van der Waals surface area contributed by atoms with Crippen LogP contribution in [0.15, 0.2) is 0 Å². The Labute approximate surface area is 301 Å². The van der Waals surface area contributed by atoms with E-state index in [4.69, 9.17) is 0 Å². The lowest BCUT2D eigenvalue weighted by atomic mass is 10.0. The minimum absolute atomic E-state index is 0.349. The van der Waals surface area contributed by atoms with E-state index in [1.807, 2.05) is 0 Å². The van der Waals surface area contributed by atoms with E-state index in [0.29, 0.717) is 6.61 Å². The third-order valence-corrected chi connectivity index (χ3v) is 12.8. The summed E-state index contributed by atoms with van der Waals surface area (Å²) in [5.74, 6) is 7.49. The van der Waals surface area contributed by atoms with E-state index in [1.54, 1.807) is 0 Å². The molecule has 2 nitrogen and oxygen atoms in total. The van der Waals surface area contributed by atoms with Crippen molar-refractivity contribution in [1.82, 2.24) is 4.90 Å². The molecule has 4 heteroatoms. The lowest BCUT2D eigenvalue weighted by Gasteiger charge is -2.22. The molecule has 2 unspecified atom stereocenters. The first kappa shape index (κ1) is 46.6. The summed E-state index contributed by atoms with van der Waals surface area (Å²) >= 11 is 4.44. The second-order valence-corrected chi connectivity index (χ2v) is 16.9. The Morgan fingerprint density at radius 1 is 0.413 bits per heavy atom. The van der Waals surface area contributed by atoms with Gasteiger partial charge in [-0.3, -0.25) is 0 Å². The van der Waals surface area contributed by atoms with Crippen LogP contribution in [0.2, 0.25) is 0 Å². The Morgan fingerprint density at radius 2 is 0.739 bits per heavy atom. The molecule has 2 atom stereocenters. The Hall–Kier alpha value is 0.620. The first-order chi connectivity index (χ1) is 22.7. The van der Waals surface area contributed by atoms with Crippen LogP contribution in [0.4, 0.5) is 0 Å². The number of unbranched alkanes of at least 4 members (excludes halogenated alkanes) is 19. The van der Waals surface area contributed by atoms with E-state index in [-0.39, 0.29) is 0 Å². The van der Waals surface area contributed by atoms with Crippen molar-refractivity contribution in [3.05, 3.63) is 0 Å². The lowest BCUT2D eigenvalue weighted by molar-refractivity contribution is 0.234. The maximum atomic E-state index is 9.25. The van der Waals surface area contributed by atoms with Crippen LogP contribution in [-0.2, 0) is 0 Å². The number of hydrogen-bond donors (Lipinski definition) is 1. The molecular formula is C42H87NOS2. The minimum Gasteiger partial charge on any atom is -0.396 e. The van der Waals surface area contributed by atoms with Gasteiger partial charge in [-0.2, -0.15) is 23.5 Å². The lowest BCUT2D eigenvalue weighted by Crippen LogP contribution is -2.27. The average Bonchev–Trinajstić information content (AvgIpc) is 3.07. The van der Waals surface area contributed by atoms with Crippen LogP contribution < -0.4 is 0 Å². The zero-order valence-electron chi connectivity index (χ0n) is 32.3. The molecule has 0 aliphatic carbocycles. The highest BCUT2D eigenvalue weighted by molar-refractivity contribution is 7.99. The fourth-order valence-electron chi connectivity index (χ4n) is 6.63. The van der Waals surface area contributed by atoms with Crippen molar-refractivity contribution < 1.29 is 5.11 Å². The van der Waals surface area contributed by atoms with Gasteiger partial charge in [-0.05, 0) is 106 Å². The molecule has 0 heterocycles. The third-order valence-electron chi connectivity index (χ3n) is 10.2. The Kier molecular flexibility index (Phi) is 40.6. The van der Waals surface area contributed by atoms with Crippen molar-refractivity contribution in [1.29, 1.82) is 0 Å². The minimum atomic E-state index is 0.349. The van der Waals surface area contributed by atoms with Crippen LogP contribution in [0.5, 0.6) is 0 Å². The molecule has 0 rings (SSSR count). The molecule has 0 spiro atoms. The van der Waals surface area contributed by atoms with Crippen molar-refractivity contribution in [3.63, 3.8) is 0 Å². The van der Waals surface area contributed by atoms with Crippen LogP contribution in [0.1, 0.15) is 207 Å². The first-order valence-electron chi connectivity index (χ1n) is 21.2. The summed E-state index contributed by atoms with van der Waals surface area (Å²) in [6.07, 6.45) is 39.0. The first-order valence-corrected chi connectivity index (χ1v) is 23.5. The monoisotopic (exact) mass is 686 g/mol. The standard InChI is InChI=1S/C42H87NOS2/c1-5-9-31-41(7-3)39-45-37-29-23-19-15-11-13-17-21-25-33-43(35-27-28-36-44)34-26-22-18-14-12-16-20-24-30-38-46-40-42(8-4)32-10-6-2/h41-42,44H,5-40H2,1-4H3. The maximum Gasteiger partial charge on any atom is 0.0431 e. The number of aliphatic hydroxyl groups is 1. The Morgan fingerprint density at radius 3 is 1.07 bits per heavy atom. The van der Waals surface area contributed by atoms with Gasteiger partial charge in [-0.15, -0.1) is 0 Å². The molecule has 0 saturated carbocycles. The molecule has 1 N–H and O–H groups in total. The molecule has 278 valence electrons. The van der Waals surface area contributed by atoms with E-state index in [0.717, 1.165) is 24.7 Å². The summed E-state index contributed by atoms with van der Waals surface area (Å²) in [5, 5.41) is 9.25. The highest BCUT2D eigenvalue weighted by Gasteiger charge is 2.07. The molecule has 0 aliphatic heterocycles. The summed E-state index contributed by atoms with van der Waals surface area (Å²) in [6, 6.07) is 0. The largest absolute Gasteiger partial charge is 0.396 e. The van der Waals surface area contributed by atoms with Gasteiger partial charge in [0.05, 0.1) is 0 Å². The molecule has 0 bridgehead atoms. The molecule has 0 aliphatic rings. The van der Waals surface area contributed by atoms with Gasteiger partial charge in [-0.1, -0.05) is 156 Å². The smallest absolute Gasteiger partial charge is 0.0431 e. The second kappa shape index (κ2) is 40.1. The van der Waals surface area contributed by atoms with E-state index < -0.39 is 0 Å². The fourth-order valence-corrected chi connectivity index (χ4v) is 9.25. The summed E-state index contributed by atoms with van der Waals surface area (Å²) < 4.78 is 0. The van der Waals surface area contributed by atoms with Crippen molar-refractivity contribution in [2.75, 3.05) is 49.3 Å². The molecule has 0 fully saturated rings. The molecule has 0 amide bonds. The Balaban J connectivity index is 3.64. The van der Waals surface area contributed by atoms with E-state index in [2.05, 4.69) is 56.1 Å². The van der Waals surface area contributed by atoms with Crippen molar-refractivity contribution in [2.45, 2.75) is 207 Å². The zero-order valence-corrected chi connectivity index (χ0v) is 34.0.